The quantitative estimate of drug-likeness (QED) is 0.673. The lowest BCUT2D eigenvalue weighted by Gasteiger charge is -2.14. The molecule has 0 fully saturated rings. The first-order chi connectivity index (χ1) is 12.5. The zero-order chi connectivity index (χ0) is 18.9. The van der Waals surface area contributed by atoms with Crippen molar-refractivity contribution in [1.29, 1.82) is 0 Å². The molecular weight excluding hydrogens is 334 g/mol. The highest BCUT2D eigenvalue weighted by molar-refractivity contribution is 5.95. The zero-order valence-electron chi connectivity index (χ0n) is 15.3. The molecule has 0 saturated carbocycles. The van der Waals surface area contributed by atoms with Gasteiger partial charge in [-0.25, -0.2) is 9.78 Å². The number of rotatable bonds is 8. The van der Waals surface area contributed by atoms with E-state index in [1.807, 2.05) is 24.6 Å². The molecule has 2 aromatic rings. The van der Waals surface area contributed by atoms with Crippen molar-refractivity contribution in [1.82, 2.24) is 14.9 Å². The van der Waals surface area contributed by atoms with Crippen LogP contribution < -0.4 is 16.0 Å². The van der Waals surface area contributed by atoms with Crippen LogP contribution in [0.1, 0.15) is 18.3 Å². The second kappa shape index (κ2) is 9.57. The number of urea groups is 1. The van der Waals surface area contributed by atoms with Crippen molar-refractivity contribution >= 4 is 23.3 Å². The van der Waals surface area contributed by atoms with E-state index in [4.69, 9.17) is 4.74 Å². The summed E-state index contributed by atoms with van der Waals surface area (Å²) in [6, 6.07) is 5.03. The van der Waals surface area contributed by atoms with Crippen LogP contribution in [0.25, 0.3) is 0 Å². The molecule has 3 N–H and O–H groups in total. The predicted molar refractivity (Wildman–Crippen MR) is 100 cm³/mol. The van der Waals surface area contributed by atoms with E-state index >= 15 is 0 Å². The van der Waals surface area contributed by atoms with Crippen LogP contribution in [0.2, 0.25) is 0 Å². The van der Waals surface area contributed by atoms with Gasteiger partial charge in [0.1, 0.15) is 12.4 Å². The highest BCUT2D eigenvalue weighted by atomic mass is 16.5. The van der Waals surface area contributed by atoms with Gasteiger partial charge in [-0.15, -0.1) is 0 Å². The second-order valence-electron chi connectivity index (χ2n) is 5.73. The van der Waals surface area contributed by atoms with Gasteiger partial charge in [-0.2, -0.15) is 0 Å². The fourth-order valence-corrected chi connectivity index (χ4v) is 2.54. The normalized spacial score (nSPS) is 10.4. The third-order valence-corrected chi connectivity index (χ3v) is 3.89. The molecule has 0 aliphatic rings. The molecule has 1 aromatic carbocycles. The maximum absolute atomic E-state index is 12.1. The summed E-state index contributed by atoms with van der Waals surface area (Å²) in [7, 11) is 1.46. The van der Waals surface area contributed by atoms with Gasteiger partial charge in [-0.1, -0.05) is 13.0 Å². The van der Waals surface area contributed by atoms with Crippen molar-refractivity contribution in [2.75, 3.05) is 30.9 Å². The minimum atomic E-state index is -0.299. The van der Waals surface area contributed by atoms with E-state index in [0.717, 1.165) is 17.8 Å². The summed E-state index contributed by atoms with van der Waals surface area (Å²) in [5.41, 5.74) is 2.04. The number of aryl methyl sites for hydroxylation is 1. The number of nitrogens with zero attached hydrogens (tertiary/aromatic N) is 2. The number of anilines is 2. The largest absolute Gasteiger partial charge is 0.375 e. The Morgan fingerprint density at radius 2 is 1.96 bits per heavy atom. The molecule has 1 aromatic heterocycles. The van der Waals surface area contributed by atoms with Crippen molar-refractivity contribution < 1.29 is 14.3 Å². The van der Waals surface area contributed by atoms with Crippen molar-refractivity contribution in [2.45, 2.75) is 26.8 Å². The summed E-state index contributed by atoms with van der Waals surface area (Å²) in [5.74, 6) is 0.742. The van der Waals surface area contributed by atoms with Gasteiger partial charge in [0.05, 0.1) is 0 Å². The highest BCUT2D eigenvalue weighted by Crippen LogP contribution is 2.23. The van der Waals surface area contributed by atoms with E-state index in [2.05, 4.69) is 20.9 Å². The van der Waals surface area contributed by atoms with Crippen molar-refractivity contribution in [2.24, 2.45) is 0 Å². The van der Waals surface area contributed by atoms with E-state index in [0.29, 0.717) is 24.5 Å². The smallest absolute Gasteiger partial charge is 0.319 e. The van der Waals surface area contributed by atoms with E-state index in [1.165, 1.54) is 7.11 Å². The molecule has 1 heterocycles. The molecule has 26 heavy (non-hydrogen) atoms. The number of hydrogen-bond acceptors (Lipinski definition) is 4. The fraction of sp³-hybridized carbons (Fsp3) is 0.389. The molecule has 8 nitrogen and oxygen atoms in total. The Morgan fingerprint density at radius 3 is 2.65 bits per heavy atom. The van der Waals surface area contributed by atoms with Crippen molar-refractivity contribution in [3.8, 4) is 0 Å². The van der Waals surface area contributed by atoms with E-state index in [-0.39, 0.29) is 18.5 Å². The molecule has 0 spiro atoms. The molecule has 0 aliphatic carbocycles. The van der Waals surface area contributed by atoms with Crippen LogP contribution in [0.4, 0.5) is 16.2 Å². The van der Waals surface area contributed by atoms with Gasteiger partial charge in [0.15, 0.2) is 0 Å². The lowest BCUT2D eigenvalue weighted by molar-refractivity contribution is -0.119. The molecule has 0 aliphatic heterocycles. The lowest BCUT2D eigenvalue weighted by atomic mass is 10.1. The monoisotopic (exact) mass is 359 g/mol. The van der Waals surface area contributed by atoms with Gasteiger partial charge < -0.3 is 25.3 Å². The summed E-state index contributed by atoms with van der Waals surface area (Å²) in [6.45, 7) is 4.99. The fourth-order valence-electron chi connectivity index (χ4n) is 2.54. The first kappa shape index (κ1) is 19.5. The summed E-state index contributed by atoms with van der Waals surface area (Å²) in [4.78, 5) is 28.0. The number of nitrogens with one attached hydrogen (secondary N) is 3. The number of amides is 3. The van der Waals surface area contributed by atoms with Gasteiger partial charge in [-0.3, -0.25) is 4.79 Å². The number of carbonyl (C=O) groups is 2. The van der Waals surface area contributed by atoms with Crippen molar-refractivity contribution in [3.05, 3.63) is 42.0 Å². The number of ether oxygens (including phenoxy) is 1. The minimum Gasteiger partial charge on any atom is -0.375 e. The Morgan fingerprint density at radius 1 is 1.23 bits per heavy atom. The van der Waals surface area contributed by atoms with Gasteiger partial charge in [-0.05, 0) is 24.6 Å². The Bertz CT molecular complexity index is 757. The highest BCUT2D eigenvalue weighted by Gasteiger charge is 2.10. The minimum absolute atomic E-state index is 0.0222. The first-order valence-electron chi connectivity index (χ1n) is 8.48. The van der Waals surface area contributed by atoms with Crippen LogP contribution in [-0.4, -0.2) is 41.8 Å². The average molecular weight is 359 g/mol. The molecule has 0 saturated heterocycles. The molecular formula is C18H25N5O3. The third kappa shape index (κ3) is 5.32. The molecule has 8 heteroatoms. The van der Waals surface area contributed by atoms with Crippen LogP contribution >= 0.6 is 0 Å². The maximum atomic E-state index is 12.1. The van der Waals surface area contributed by atoms with Gasteiger partial charge in [0.25, 0.3) is 0 Å². The topological polar surface area (TPSA) is 97.3 Å². The van der Waals surface area contributed by atoms with Gasteiger partial charge in [0.2, 0.25) is 5.91 Å². The average Bonchev–Trinajstić information content (AvgIpc) is 3.06. The molecule has 0 radical (unpaired) electrons. The van der Waals surface area contributed by atoms with Gasteiger partial charge >= 0.3 is 6.03 Å². The molecule has 0 unspecified atom stereocenters. The van der Waals surface area contributed by atoms with Crippen LogP contribution in [-0.2, 0) is 22.5 Å². The standard InChI is InChI=1S/C18H25N5O3/c1-4-16-19-8-10-23(16)11-9-20-18(25)22-15-7-5-6-14(13(15)2)21-17(24)12-26-3/h5-8,10H,4,9,11-12H2,1-3H3,(H,21,24)(H2,20,22,25). The predicted octanol–water partition coefficient (Wildman–Crippen LogP) is 2.16. The first-order valence-corrected chi connectivity index (χ1v) is 8.48. The zero-order valence-corrected chi connectivity index (χ0v) is 15.3. The van der Waals surface area contributed by atoms with Crippen molar-refractivity contribution in [3.63, 3.8) is 0 Å². The molecule has 2 rings (SSSR count). The summed E-state index contributed by atoms with van der Waals surface area (Å²) in [6.07, 6.45) is 4.50. The number of hydrogen-bond donors (Lipinski definition) is 3. The van der Waals surface area contributed by atoms with E-state index in [1.54, 1.807) is 24.4 Å². The van der Waals surface area contributed by atoms with Crippen LogP contribution in [0.3, 0.4) is 0 Å². The van der Waals surface area contributed by atoms with E-state index in [9.17, 15) is 9.59 Å². The Balaban J connectivity index is 1.89. The Labute approximate surface area is 152 Å². The van der Waals surface area contributed by atoms with Crippen LogP contribution in [0.5, 0.6) is 0 Å². The summed E-state index contributed by atoms with van der Waals surface area (Å²) in [5, 5.41) is 8.38. The molecule has 0 atom stereocenters. The molecule has 3 amide bonds. The summed E-state index contributed by atoms with van der Waals surface area (Å²) < 4.78 is 6.82. The lowest BCUT2D eigenvalue weighted by Crippen LogP contribution is -2.32. The van der Waals surface area contributed by atoms with Crippen LogP contribution in [0, 0.1) is 6.92 Å². The summed E-state index contributed by atoms with van der Waals surface area (Å²) >= 11 is 0. The Kier molecular flexibility index (Phi) is 7.16. The second-order valence-corrected chi connectivity index (χ2v) is 5.73. The third-order valence-electron chi connectivity index (χ3n) is 3.89. The van der Waals surface area contributed by atoms with E-state index < -0.39 is 0 Å². The number of aromatic nitrogens is 2. The molecule has 140 valence electrons. The van der Waals surface area contributed by atoms with Gasteiger partial charge in [0, 0.05) is 50.4 Å². The number of benzene rings is 1. The Hall–Kier alpha value is -2.87. The maximum Gasteiger partial charge on any atom is 0.319 e. The SMILES string of the molecule is CCc1nccn1CCNC(=O)Nc1cccc(NC(=O)COC)c1C. The number of methoxy groups -OCH3 is 1. The number of carbonyl (C=O) groups excluding carboxylic acids is 2. The van der Waals surface area contributed by atoms with Crippen LogP contribution in [0.15, 0.2) is 30.6 Å². The molecule has 0 bridgehead atoms. The number of imidazole rings is 1.